The number of thiazole rings is 1. The Bertz CT molecular complexity index is 1890. The number of nitrogens with zero attached hydrogens (tertiary/aromatic N) is 5. The molecule has 4 aliphatic rings. The van der Waals surface area contributed by atoms with Gasteiger partial charge in [-0.2, -0.15) is 13.5 Å². The maximum Gasteiger partial charge on any atom is 0.418 e. The largest absolute Gasteiger partial charge is 0.489 e. The topological polar surface area (TPSA) is 248 Å². The van der Waals surface area contributed by atoms with Crippen LogP contribution >= 0.6 is 11.3 Å². The number of β-lactam (4-membered cyclic amide) rings is 1. The summed E-state index contributed by atoms with van der Waals surface area (Å²) in [7, 11) is -4.99. The number of nitrogen functional groups attached to an aromatic ring is 1. The summed E-state index contributed by atoms with van der Waals surface area (Å²) in [4.78, 5) is 55.4. The molecule has 4 atom stereocenters. The average molecular weight is 791 g/mol. The number of ether oxygens (including phenoxy) is 1. The standard InChI is InChI=1S/C34H46N8O10S2/c1-34(2)25(31(44)42(34)52-54(47,48)49)13-27(43)30(26-19-53-33(35)39-26)40-51-28(32(45)46)18-50-24-8-7-21-16-41(17-22(21)12-24)29(11-20-5-3-9-36-14-20)38-23-6-4-10-37-15-23/h7-8,12,19-20,23,25,28,36-37H,3-6,9-11,13-18H2,1-2H3,(H2,35,39)(H,45,46)(H,47,48,49)/b38-29?,40-30-/t20-,23+,25+,28-/m0/s1. The van der Waals surface area contributed by atoms with E-state index in [9.17, 15) is 27.9 Å². The molecular formula is C34H46N8O10S2. The molecule has 1 aromatic heterocycles. The van der Waals surface area contributed by atoms with Crippen molar-refractivity contribution in [3.05, 3.63) is 40.4 Å². The highest BCUT2D eigenvalue weighted by atomic mass is 32.3. The fourth-order valence-corrected chi connectivity index (χ4v) is 8.14. The van der Waals surface area contributed by atoms with Gasteiger partial charge in [-0.05, 0) is 88.3 Å². The zero-order valence-electron chi connectivity index (χ0n) is 30.1. The number of hydrogen-bond acceptors (Lipinski definition) is 15. The number of carbonyl (C=O) groups is 3. The Morgan fingerprint density at radius 1 is 1.13 bits per heavy atom. The molecule has 2 aromatic rings. The second kappa shape index (κ2) is 16.7. The summed E-state index contributed by atoms with van der Waals surface area (Å²) < 4.78 is 41.7. The number of amidine groups is 1. The van der Waals surface area contributed by atoms with Crippen molar-refractivity contribution in [2.75, 3.05) is 38.5 Å². The second-order valence-electron chi connectivity index (χ2n) is 14.5. The van der Waals surface area contributed by atoms with Crippen LogP contribution in [0.1, 0.15) is 69.2 Å². The van der Waals surface area contributed by atoms with Crippen molar-refractivity contribution in [1.82, 2.24) is 25.6 Å². The van der Waals surface area contributed by atoms with Crippen LogP contribution in [0.15, 0.2) is 33.7 Å². The van der Waals surface area contributed by atoms with E-state index in [2.05, 4.69) is 30.0 Å². The first kappa shape index (κ1) is 39.5. The first-order chi connectivity index (χ1) is 25.7. The fourth-order valence-electron chi connectivity index (χ4n) is 7.14. The molecule has 0 saturated carbocycles. The van der Waals surface area contributed by atoms with Crippen LogP contribution in [0.4, 0.5) is 5.13 Å². The Labute approximate surface area is 317 Å². The third-order valence-electron chi connectivity index (χ3n) is 10.1. The Morgan fingerprint density at radius 2 is 1.87 bits per heavy atom. The summed E-state index contributed by atoms with van der Waals surface area (Å²) in [6.07, 6.45) is 3.28. The number of benzene rings is 1. The van der Waals surface area contributed by atoms with Crippen molar-refractivity contribution in [3.63, 3.8) is 0 Å². The van der Waals surface area contributed by atoms with Gasteiger partial charge in [0.2, 0.25) is 0 Å². The van der Waals surface area contributed by atoms with Crippen LogP contribution in [0.5, 0.6) is 5.75 Å². The van der Waals surface area contributed by atoms with Gasteiger partial charge in [0.1, 0.15) is 23.9 Å². The van der Waals surface area contributed by atoms with Crippen LogP contribution in [0.2, 0.25) is 0 Å². The predicted molar refractivity (Wildman–Crippen MR) is 197 cm³/mol. The number of hydroxylamine groups is 2. The lowest BCUT2D eigenvalue weighted by Crippen LogP contribution is -2.68. The van der Waals surface area contributed by atoms with E-state index in [1.54, 1.807) is 6.07 Å². The highest BCUT2D eigenvalue weighted by molar-refractivity contribution is 7.80. The SMILES string of the molecule is CC1(C)[C@H](CC(=O)/C(=N\O[C@@H](COc2ccc3c(c2)CN(C(C[C@@H]2CCCNC2)=N[C@@H]2CCCNC2)C3)C(=O)O)c2csc(N)n2)C(=O)N1OS(=O)(=O)O. The van der Waals surface area contributed by atoms with Crippen LogP contribution in [-0.4, -0.2) is 113 Å². The Hall–Kier alpha value is -4.21. The number of oxime groups is 1. The number of amides is 1. The van der Waals surface area contributed by atoms with Gasteiger partial charge in [0.15, 0.2) is 16.6 Å². The van der Waals surface area contributed by atoms with E-state index in [-0.39, 0.29) is 16.9 Å². The molecular weight excluding hydrogens is 745 g/mol. The number of carbonyl (C=O) groups excluding carboxylic acids is 2. The van der Waals surface area contributed by atoms with Crippen molar-refractivity contribution in [1.29, 1.82) is 0 Å². The van der Waals surface area contributed by atoms with Gasteiger partial charge in [-0.15, -0.1) is 15.6 Å². The zero-order chi connectivity index (χ0) is 38.6. The summed E-state index contributed by atoms with van der Waals surface area (Å²) in [6.45, 7) is 7.73. The number of rotatable bonds is 15. The number of ketones is 1. The molecule has 0 unspecified atom stereocenters. The van der Waals surface area contributed by atoms with E-state index in [1.807, 2.05) is 12.1 Å². The Morgan fingerprint density at radius 3 is 2.50 bits per heavy atom. The van der Waals surface area contributed by atoms with Gasteiger partial charge in [0.25, 0.3) is 12.0 Å². The number of nitrogens with one attached hydrogen (secondary N) is 2. The molecule has 3 fully saturated rings. The number of carboxylic acid groups (broad SMARTS) is 1. The van der Waals surface area contributed by atoms with E-state index in [1.165, 1.54) is 25.6 Å². The molecule has 0 radical (unpaired) electrons. The quantitative estimate of drug-likeness (QED) is 0.0567. The van der Waals surface area contributed by atoms with Crippen LogP contribution in [0, 0.1) is 11.8 Å². The number of piperidine rings is 2. The van der Waals surface area contributed by atoms with Crippen molar-refractivity contribution in [2.24, 2.45) is 22.0 Å². The summed E-state index contributed by atoms with van der Waals surface area (Å²) in [5.41, 5.74) is 6.26. The highest BCUT2D eigenvalue weighted by Gasteiger charge is 2.57. The normalized spacial score (nSPS) is 23.8. The molecule has 6 N–H and O–H groups in total. The maximum absolute atomic E-state index is 13.5. The lowest BCUT2D eigenvalue weighted by Gasteiger charge is -2.50. The van der Waals surface area contributed by atoms with Crippen molar-refractivity contribution in [2.45, 2.75) is 83.1 Å². The number of aliphatic imine (C=N–C) groups is 1. The van der Waals surface area contributed by atoms with E-state index < -0.39 is 64.4 Å². The highest BCUT2D eigenvalue weighted by Crippen LogP contribution is 2.41. The molecule has 18 nitrogen and oxygen atoms in total. The molecule has 0 bridgehead atoms. The predicted octanol–water partition coefficient (Wildman–Crippen LogP) is 1.76. The fraction of sp³-hybridized carbons (Fsp3) is 0.588. The summed E-state index contributed by atoms with van der Waals surface area (Å²) in [6, 6.07) is 5.88. The van der Waals surface area contributed by atoms with Gasteiger partial charge >= 0.3 is 16.4 Å². The maximum atomic E-state index is 13.5. The third kappa shape index (κ3) is 9.53. The number of aromatic nitrogens is 1. The molecule has 294 valence electrons. The average Bonchev–Trinajstić information content (AvgIpc) is 3.76. The van der Waals surface area contributed by atoms with Crippen LogP contribution in [0.25, 0.3) is 0 Å². The number of fused-ring (bicyclic) bond motifs is 1. The molecule has 54 heavy (non-hydrogen) atoms. The van der Waals surface area contributed by atoms with Gasteiger partial charge in [0.05, 0.1) is 17.5 Å². The lowest BCUT2D eigenvalue weighted by molar-refractivity contribution is -0.228. The monoisotopic (exact) mass is 790 g/mol. The summed E-state index contributed by atoms with van der Waals surface area (Å²) >= 11 is 1.00. The third-order valence-corrected chi connectivity index (χ3v) is 11.2. The van der Waals surface area contributed by atoms with Crippen molar-refractivity contribution in [3.8, 4) is 5.75 Å². The number of Topliss-reactive ketones (excluding diaryl/α,β-unsaturated/α-hetero) is 1. The second-order valence-corrected chi connectivity index (χ2v) is 16.4. The number of aliphatic carboxylic acids is 1. The van der Waals surface area contributed by atoms with E-state index in [4.69, 9.17) is 24.9 Å². The first-order valence-corrected chi connectivity index (χ1v) is 20.1. The Balaban J connectivity index is 1.11. The molecule has 0 spiro atoms. The molecule has 1 amide bonds. The molecule has 20 heteroatoms. The number of nitrogens with two attached hydrogens (primary N) is 1. The van der Waals surface area contributed by atoms with Crippen LogP contribution in [-0.2, 0) is 47.0 Å². The minimum atomic E-state index is -4.99. The van der Waals surface area contributed by atoms with E-state index in [0.29, 0.717) is 23.3 Å². The van der Waals surface area contributed by atoms with Gasteiger partial charge in [-0.3, -0.25) is 19.1 Å². The molecule has 4 aliphatic heterocycles. The van der Waals surface area contributed by atoms with Crippen molar-refractivity contribution < 1.29 is 46.3 Å². The van der Waals surface area contributed by atoms with Gasteiger partial charge in [0, 0.05) is 37.9 Å². The smallest absolute Gasteiger partial charge is 0.418 e. The number of hydrogen-bond donors (Lipinski definition) is 5. The number of anilines is 1. The number of carboxylic acids is 1. The van der Waals surface area contributed by atoms with Gasteiger partial charge in [-0.1, -0.05) is 11.2 Å². The molecule has 6 rings (SSSR count). The molecule has 5 heterocycles. The van der Waals surface area contributed by atoms with Crippen LogP contribution in [0.3, 0.4) is 0 Å². The summed E-state index contributed by atoms with van der Waals surface area (Å²) in [5, 5.41) is 22.8. The van der Waals surface area contributed by atoms with E-state index >= 15 is 0 Å². The van der Waals surface area contributed by atoms with Gasteiger partial charge < -0.3 is 35.9 Å². The minimum Gasteiger partial charge on any atom is -0.489 e. The molecule has 0 aliphatic carbocycles. The molecule has 3 saturated heterocycles. The lowest BCUT2D eigenvalue weighted by atomic mass is 9.74. The zero-order valence-corrected chi connectivity index (χ0v) is 31.7. The minimum absolute atomic E-state index is 0.00578. The van der Waals surface area contributed by atoms with Crippen LogP contribution < -0.4 is 21.1 Å². The molecule has 1 aromatic carbocycles. The summed E-state index contributed by atoms with van der Waals surface area (Å²) in [5.74, 6) is -2.01. The van der Waals surface area contributed by atoms with Crippen molar-refractivity contribution >= 4 is 56.1 Å². The van der Waals surface area contributed by atoms with Gasteiger partial charge in [-0.25, -0.2) is 9.78 Å². The van der Waals surface area contributed by atoms with E-state index in [0.717, 1.165) is 86.7 Å². The Kier molecular flexibility index (Phi) is 12.2. The first-order valence-electron chi connectivity index (χ1n) is 17.9.